The number of nitrogens with one attached hydrogen (secondary N) is 2. The van der Waals surface area contributed by atoms with Crippen LogP contribution in [0.4, 0.5) is 5.13 Å². The fourth-order valence-electron chi connectivity index (χ4n) is 2.20. The highest BCUT2D eigenvalue weighted by atomic mass is 35.5. The van der Waals surface area contributed by atoms with E-state index in [0.717, 1.165) is 30.7 Å². The number of nitrogens with zero attached hydrogens (tertiary/aromatic N) is 2. The van der Waals surface area contributed by atoms with Crippen LogP contribution in [0.25, 0.3) is 0 Å². The predicted octanol–water partition coefficient (Wildman–Crippen LogP) is 1.66. The maximum atomic E-state index is 12.0. The van der Waals surface area contributed by atoms with Gasteiger partial charge < -0.3 is 5.73 Å². The molecule has 0 saturated heterocycles. The number of amides is 1. The van der Waals surface area contributed by atoms with Crippen molar-refractivity contribution in [1.82, 2.24) is 15.2 Å². The Labute approximate surface area is 126 Å². The van der Waals surface area contributed by atoms with Gasteiger partial charge in [0.1, 0.15) is 0 Å². The lowest BCUT2D eigenvalue weighted by molar-refractivity contribution is 0.102. The van der Waals surface area contributed by atoms with Crippen molar-refractivity contribution >= 4 is 34.8 Å². The van der Waals surface area contributed by atoms with Gasteiger partial charge in [-0.1, -0.05) is 0 Å². The summed E-state index contributed by atoms with van der Waals surface area (Å²) >= 11 is 1.52. The molecule has 4 N–H and O–H groups in total. The van der Waals surface area contributed by atoms with Crippen LogP contribution < -0.4 is 11.1 Å². The van der Waals surface area contributed by atoms with Gasteiger partial charge in [-0.25, -0.2) is 4.98 Å². The van der Waals surface area contributed by atoms with Gasteiger partial charge >= 0.3 is 0 Å². The van der Waals surface area contributed by atoms with E-state index >= 15 is 0 Å². The van der Waals surface area contributed by atoms with Crippen LogP contribution >= 0.6 is 23.7 Å². The van der Waals surface area contributed by atoms with Gasteiger partial charge in [0, 0.05) is 16.6 Å². The van der Waals surface area contributed by atoms with E-state index in [9.17, 15) is 4.79 Å². The van der Waals surface area contributed by atoms with Crippen molar-refractivity contribution in [3.05, 3.63) is 28.0 Å². The molecule has 0 aliphatic heterocycles. The first-order valence-corrected chi connectivity index (χ1v) is 7.00. The molecule has 1 aliphatic rings. The summed E-state index contributed by atoms with van der Waals surface area (Å²) in [7, 11) is 0. The molecule has 1 amide bonds. The quantitative estimate of drug-likeness (QED) is 0.785. The monoisotopic (exact) mass is 313 g/mol. The second kappa shape index (κ2) is 5.90. The van der Waals surface area contributed by atoms with Crippen LogP contribution in [0.15, 0.2) is 6.20 Å². The van der Waals surface area contributed by atoms with Crippen LogP contribution in [0.2, 0.25) is 0 Å². The number of rotatable bonds is 2. The van der Waals surface area contributed by atoms with Crippen molar-refractivity contribution in [3.63, 3.8) is 0 Å². The van der Waals surface area contributed by atoms with Crippen LogP contribution in [0.1, 0.15) is 33.0 Å². The Balaban J connectivity index is 0.00000147. The molecule has 0 unspecified atom stereocenters. The Bertz CT molecular complexity index is 623. The van der Waals surface area contributed by atoms with Gasteiger partial charge in [-0.05, 0) is 26.2 Å². The zero-order valence-electron chi connectivity index (χ0n) is 11.0. The van der Waals surface area contributed by atoms with E-state index in [1.54, 1.807) is 0 Å². The Hall–Kier alpha value is -1.44. The van der Waals surface area contributed by atoms with Crippen molar-refractivity contribution in [2.45, 2.75) is 32.2 Å². The topological polar surface area (TPSA) is 96.7 Å². The third kappa shape index (κ3) is 2.84. The molecular formula is C12H16ClN5OS. The summed E-state index contributed by atoms with van der Waals surface area (Å²) in [6.07, 6.45) is 4.24. The summed E-state index contributed by atoms with van der Waals surface area (Å²) < 4.78 is 0. The van der Waals surface area contributed by atoms with Crippen molar-refractivity contribution in [2.24, 2.45) is 5.73 Å². The number of carbonyl (C=O) groups is 1. The summed E-state index contributed by atoms with van der Waals surface area (Å²) in [6.45, 7) is 1.81. The smallest absolute Gasteiger partial charge is 0.260 e. The second-order valence-corrected chi connectivity index (χ2v) is 5.84. The maximum absolute atomic E-state index is 12.0. The third-order valence-corrected chi connectivity index (χ3v) is 4.31. The number of carbonyl (C=O) groups excluding carboxylic acids is 1. The number of halogens is 1. The minimum Gasteiger partial charge on any atom is -0.327 e. The third-order valence-electron chi connectivity index (χ3n) is 3.27. The van der Waals surface area contributed by atoms with E-state index in [1.807, 2.05) is 6.92 Å². The molecule has 2 heterocycles. The van der Waals surface area contributed by atoms with Crippen molar-refractivity contribution < 1.29 is 4.79 Å². The summed E-state index contributed by atoms with van der Waals surface area (Å²) in [6, 6.07) is 0.215. The summed E-state index contributed by atoms with van der Waals surface area (Å²) in [4.78, 5) is 17.7. The molecule has 0 saturated carbocycles. The first-order valence-electron chi connectivity index (χ1n) is 6.19. The molecule has 1 aliphatic carbocycles. The lowest BCUT2D eigenvalue weighted by atomic mass is 9.99. The fraction of sp³-hybridized carbons (Fsp3) is 0.417. The SMILES string of the molecule is Cc1[nH]ncc1C(=O)Nc1nc2c(s1)C[C@@H](N)CC2.Cl. The van der Waals surface area contributed by atoms with E-state index in [1.165, 1.54) is 22.4 Å². The van der Waals surface area contributed by atoms with Crippen molar-refractivity contribution in [2.75, 3.05) is 5.32 Å². The molecule has 2 aromatic heterocycles. The number of anilines is 1. The average molecular weight is 314 g/mol. The number of hydrogen-bond donors (Lipinski definition) is 3. The zero-order chi connectivity index (χ0) is 13.4. The van der Waals surface area contributed by atoms with Crippen LogP contribution in [0.3, 0.4) is 0 Å². The number of fused-ring (bicyclic) bond motifs is 1. The van der Waals surface area contributed by atoms with Crippen LogP contribution in [-0.2, 0) is 12.8 Å². The molecule has 0 spiro atoms. The van der Waals surface area contributed by atoms with Crippen LogP contribution in [-0.4, -0.2) is 27.1 Å². The average Bonchev–Trinajstić information content (AvgIpc) is 2.94. The molecule has 108 valence electrons. The van der Waals surface area contributed by atoms with E-state index in [-0.39, 0.29) is 24.4 Å². The molecule has 8 heteroatoms. The van der Waals surface area contributed by atoms with Crippen molar-refractivity contribution in [3.8, 4) is 0 Å². The first-order chi connectivity index (χ1) is 9.13. The first kappa shape index (κ1) is 15.0. The fourth-order valence-corrected chi connectivity index (χ4v) is 3.29. The minimum atomic E-state index is -0.179. The van der Waals surface area contributed by atoms with Gasteiger partial charge in [-0.15, -0.1) is 23.7 Å². The molecule has 0 radical (unpaired) electrons. The Morgan fingerprint density at radius 3 is 3.10 bits per heavy atom. The van der Waals surface area contributed by atoms with E-state index in [4.69, 9.17) is 5.73 Å². The standard InChI is InChI=1S/C12H15N5OS.ClH/c1-6-8(5-14-17-6)11(18)16-12-15-9-3-2-7(13)4-10(9)19-12;/h5,7H,2-4,13H2,1H3,(H,14,17)(H,15,16,18);1H/t7-;/m0./s1. The number of aryl methyl sites for hydroxylation is 2. The highest BCUT2D eigenvalue weighted by molar-refractivity contribution is 7.15. The van der Waals surface area contributed by atoms with Crippen LogP contribution in [0, 0.1) is 6.92 Å². The highest BCUT2D eigenvalue weighted by Gasteiger charge is 2.21. The molecular weight excluding hydrogens is 298 g/mol. The number of H-pyrrole nitrogens is 1. The lowest BCUT2D eigenvalue weighted by Gasteiger charge is -2.15. The molecule has 6 nitrogen and oxygen atoms in total. The summed E-state index contributed by atoms with van der Waals surface area (Å²) in [5.74, 6) is -0.179. The normalized spacial score (nSPS) is 17.2. The number of nitrogens with two attached hydrogens (primary N) is 1. The summed E-state index contributed by atoms with van der Waals surface area (Å²) in [5, 5.41) is 10.1. The van der Waals surface area contributed by atoms with Gasteiger partial charge in [-0.2, -0.15) is 5.10 Å². The minimum absolute atomic E-state index is 0. The molecule has 0 bridgehead atoms. The molecule has 0 aromatic carbocycles. The number of aromatic nitrogens is 3. The zero-order valence-corrected chi connectivity index (χ0v) is 12.6. The lowest BCUT2D eigenvalue weighted by Crippen LogP contribution is -2.27. The predicted molar refractivity (Wildman–Crippen MR) is 80.6 cm³/mol. The molecule has 1 atom stereocenters. The molecule has 20 heavy (non-hydrogen) atoms. The summed E-state index contributed by atoms with van der Waals surface area (Å²) in [5.41, 5.74) is 8.31. The van der Waals surface area contributed by atoms with E-state index in [2.05, 4.69) is 20.5 Å². The maximum Gasteiger partial charge on any atom is 0.260 e. The Morgan fingerprint density at radius 1 is 1.60 bits per heavy atom. The number of thiazole rings is 1. The van der Waals surface area contributed by atoms with Gasteiger partial charge in [0.05, 0.1) is 17.5 Å². The molecule has 0 fully saturated rings. The number of aromatic amines is 1. The largest absolute Gasteiger partial charge is 0.327 e. The van der Waals surface area contributed by atoms with Gasteiger partial charge in [0.2, 0.25) is 0 Å². The Kier molecular flexibility index (Phi) is 4.42. The van der Waals surface area contributed by atoms with Gasteiger partial charge in [0.15, 0.2) is 5.13 Å². The highest BCUT2D eigenvalue weighted by Crippen LogP contribution is 2.29. The van der Waals surface area contributed by atoms with E-state index < -0.39 is 0 Å². The van der Waals surface area contributed by atoms with Gasteiger partial charge in [-0.3, -0.25) is 15.2 Å². The molecule has 2 aromatic rings. The van der Waals surface area contributed by atoms with E-state index in [0.29, 0.717) is 10.7 Å². The van der Waals surface area contributed by atoms with Crippen molar-refractivity contribution in [1.29, 1.82) is 0 Å². The second-order valence-electron chi connectivity index (χ2n) is 4.75. The molecule has 3 rings (SSSR count). The number of hydrogen-bond acceptors (Lipinski definition) is 5. The van der Waals surface area contributed by atoms with Crippen LogP contribution in [0.5, 0.6) is 0 Å². The van der Waals surface area contributed by atoms with Gasteiger partial charge in [0.25, 0.3) is 5.91 Å². The Morgan fingerprint density at radius 2 is 2.40 bits per heavy atom.